The molecule has 22 heavy (non-hydrogen) atoms. The van der Waals surface area contributed by atoms with Gasteiger partial charge in [0.1, 0.15) is 0 Å². The molecule has 0 aliphatic heterocycles. The van der Waals surface area contributed by atoms with E-state index in [1.165, 1.54) is 17.8 Å². The van der Waals surface area contributed by atoms with Crippen LogP contribution in [0.15, 0.2) is 35.5 Å². The van der Waals surface area contributed by atoms with Crippen LogP contribution in [0, 0.1) is 24.0 Å². The Bertz CT molecular complexity index is 862. The zero-order valence-corrected chi connectivity index (χ0v) is 12.9. The van der Waals surface area contributed by atoms with Crippen LogP contribution in [0.5, 0.6) is 0 Å². The van der Waals surface area contributed by atoms with E-state index in [0.29, 0.717) is 22.3 Å². The number of benzene rings is 1. The second kappa shape index (κ2) is 5.72. The minimum Gasteiger partial charge on any atom is -0.259 e. The zero-order chi connectivity index (χ0) is 15.7. The summed E-state index contributed by atoms with van der Waals surface area (Å²) in [5.41, 5.74) is 2.65. The Labute approximate surface area is 130 Å². The van der Waals surface area contributed by atoms with E-state index in [0.717, 1.165) is 11.4 Å². The van der Waals surface area contributed by atoms with Crippen molar-refractivity contribution >= 4 is 23.2 Å². The molecule has 0 atom stereocenters. The molecule has 0 saturated carbocycles. The first-order valence-corrected chi connectivity index (χ1v) is 7.59. The molecule has 1 aromatic carbocycles. The second-order valence-electron chi connectivity index (χ2n) is 4.83. The topological polar surface area (TPSA) is 86.2 Å². The lowest BCUT2D eigenvalue weighted by atomic mass is 10.2. The number of aromatic nitrogens is 4. The van der Waals surface area contributed by atoms with Crippen LogP contribution in [0.3, 0.4) is 0 Å². The molecule has 8 heteroatoms. The monoisotopic (exact) mass is 315 g/mol. The number of thioether (sulfide) groups is 1. The lowest BCUT2D eigenvalue weighted by molar-refractivity contribution is -0.385. The van der Waals surface area contributed by atoms with E-state index in [1.807, 2.05) is 24.3 Å². The van der Waals surface area contributed by atoms with E-state index in [-0.39, 0.29) is 10.6 Å². The molecule has 2 heterocycles. The number of aryl methyl sites for hydroxylation is 2. The third kappa shape index (κ3) is 2.64. The molecule has 2 aromatic heterocycles. The molecule has 0 unspecified atom stereocenters. The third-order valence-electron chi connectivity index (χ3n) is 3.21. The molecule has 0 bridgehead atoms. The Hall–Kier alpha value is -2.48. The Kier molecular flexibility index (Phi) is 3.76. The van der Waals surface area contributed by atoms with Gasteiger partial charge in [-0.05, 0) is 19.9 Å². The quantitative estimate of drug-likeness (QED) is 0.418. The number of nitrogens with zero attached hydrogens (tertiary/aromatic N) is 5. The van der Waals surface area contributed by atoms with Crippen LogP contribution in [-0.2, 0) is 5.75 Å². The first-order chi connectivity index (χ1) is 10.6. The van der Waals surface area contributed by atoms with Gasteiger partial charge in [0.15, 0.2) is 5.16 Å². The molecule has 0 fully saturated rings. The van der Waals surface area contributed by atoms with Gasteiger partial charge in [0.2, 0.25) is 0 Å². The summed E-state index contributed by atoms with van der Waals surface area (Å²) in [6.07, 6.45) is 0. The molecule has 3 rings (SSSR count). The molecule has 3 aromatic rings. The van der Waals surface area contributed by atoms with Crippen LogP contribution in [0.2, 0.25) is 0 Å². The third-order valence-corrected chi connectivity index (χ3v) is 4.19. The predicted octanol–water partition coefficient (Wildman–Crippen LogP) is 2.94. The molecule has 7 nitrogen and oxygen atoms in total. The summed E-state index contributed by atoms with van der Waals surface area (Å²) in [6.45, 7) is 3.86. The highest BCUT2D eigenvalue weighted by molar-refractivity contribution is 7.98. The van der Waals surface area contributed by atoms with Crippen molar-refractivity contribution in [1.82, 2.24) is 19.6 Å². The van der Waals surface area contributed by atoms with Crippen molar-refractivity contribution in [2.24, 2.45) is 0 Å². The molecule has 0 spiro atoms. The molecule has 0 aliphatic carbocycles. The summed E-state index contributed by atoms with van der Waals surface area (Å²) in [4.78, 5) is 15.0. The number of fused-ring (bicyclic) bond motifs is 1. The molecule has 0 N–H and O–H groups in total. The van der Waals surface area contributed by atoms with Gasteiger partial charge in [-0.3, -0.25) is 14.5 Å². The zero-order valence-electron chi connectivity index (χ0n) is 12.1. The maximum Gasteiger partial charge on any atom is 0.273 e. The van der Waals surface area contributed by atoms with E-state index >= 15 is 0 Å². The fraction of sp³-hybridized carbons (Fsp3) is 0.214. The number of hydrogen-bond acceptors (Lipinski definition) is 6. The van der Waals surface area contributed by atoms with Crippen molar-refractivity contribution in [2.75, 3.05) is 0 Å². The van der Waals surface area contributed by atoms with Crippen LogP contribution in [0.1, 0.15) is 17.0 Å². The predicted molar refractivity (Wildman–Crippen MR) is 82.9 cm³/mol. The molecule has 112 valence electrons. The highest BCUT2D eigenvalue weighted by atomic mass is 32.2. The smallest absolute Gasteiger partial charge is 0.259 e. The number of nitro benzene ring substituents is 1. The van der Waals surface area contributed by atoms with E-state index in [1.54, 1.807) is 18.2 Å². The standard InChI is InChI=1S/C14H13N5O2S/c1-9-7-10(2)18-13(15-9)16-17-14(18)22-8-11-5-3-4-6-12(11)19(20)21/h3-7H,8H2,1-2H3. The maximum atomic E-state index is 11.0. The fourth-order valence-electron chi connectivity index (χ4n) is 2.25. The Morgan fingerprint density at radius 1 is 1.27 bits per heavy atom. The molecule has 0 aliphatic rings. The second-order valence-corrected chi connectivity index (χ2v) is 5.77. The van der Waals surface area contributed by atoms with E-state index < -0.39 is 0 Å². The molecule has 0 radical (unpaired) electrons. The van der Waals surface area contributed by atoms with Crippen molar-refractivity contribution < 1.29 is 4.92 Å². The Morgan fingerprint density at radius 3 is 2.82 bits per heavy atom. The van der Waals surface area contributed by atoms with E-state index in [2.05, 4.69) is 15.2 Å². The molecular formula is C14H13N5O2S. The summed E-state index contributed by atoms with van der Waals surface area (Å²) in [5, 5.41) is 19.9. The number of rotatable bonds is 4. The average Bonchev–Trinajstić information content (AvgIpc) is 2.88. The van der Waals surface area contributed by atoms with Gasteiger partial charge < -0.3 is 0 Å². The summed E-state index contributed by atoms with van der Waals surface area (Å²) in [7, 11) is 0. The minimum absolute atomic E-state index is 0.120. The van der Waals surface area contributed by atoms with E-state index in [4.69, 9.17) is 0 Å². The van der Waals surface area contributed by atoms with Crippen LogP contribution in [-0.4, -0.2) is 24.5 Å². The van der Waals surface area contributed by atoms with Crippen molar-refractivity contribution in [3.63, 3.8) is 0 Å². The van der Waals surface area contributed by atoms with Crippen molar-refractivity contribution in [3.8, 4) is 0 Å². The molecule has 0 amide bonds. The van der Waals surface area contributed by atoms with Crippen LogP contribution >= 0.6 is 11.8 Å². The molecule has 0 saturated heterocycles. The number of para-hydroxylation sites is 1. The highest BCUT2D eigenvalue weighted by Gasteiger charge is 2.15. The first-order valence-electron chi connectivity index (χ1n) is 6.61. The minimum atomic E-state index is -0.367. The summed E-state index contributed by atoms with van der Waals surface area (Å²) < 4.78 is 1.85. The lowest BCUT2D eigenvalue weighted by Crippen LogP contribution is -1.98. The summed E-state index contributed by atoms with van der Waals surface area (Å²) >= 11 is 1.41. The average molecular weight is 315 g/mol. The van der Waals surface area contributed by atoms with Gasteiger partial charge in [0, 0.05) is 28.8 Å². The summed E-state index contributed by atoms with van der Waals surface area (Å²) in [5.74, 6) is 0.994. The number of hydrogen-bond donors (Lipinski definition) is 0. The van der Waals surface area contributed by atoms with Gasteiger partial charge in [0.25, 0.3) is 11.5 Å². The van der Waals surface area contributed by atoms with Crippen molar-refractivity contribution in [2.45, 2.75) is 24.8 Å². The van der Waals surface area contributed by atoms with Crippen LogP contribution < -0.4 is 0 Å². The lowest BCUT2D eigenvalue weighted by Gasteiger charge is -2.04. The van der Waals surface area contributed by atoms with Gasteiger partial charge in [-0.1, -0.05) is 30.0 Å². The largest absolute Gasteiger partial charge is 0.273 e. The van der Waals surface area contributed by atoms with Gasteiger partial charge in [0.05, 0.1) is 4.92 Å². The molecular weight excluding hydrogens is 302 g/mol. The van der Waals surface area contributed by atoms with Gasteiger partial charge in [-0.25, -0.2) is 4.98 Å². The normalized spacial score (nSPS) is 11.0. The fourth-order valence-corrected chi connectivity index (χ4v) is 3.23. The van der Waals surface area contributed by atoms with Crippen LogP contribution in [0.4, 0.5) is 5.69 Å². The Morgan fingerprint density at radius 2 is 2.05 bits per heavy atom. The van der Waals surface area contributed by atoms with Crippen molar-refractivity contribution in [3.05, 3.63) is 57.4 Å². The van der Waals surface area contributed by atoms with Gasteiger partial charge in [-0.15, -0.1) is 10.2 Å². The van der Waals surface area contributed by atoms with E-state index in [9.17, 15) is 10.1 Å². The summed E-state index contributed by atoms with van der Waals surface area (Å²) in [6, 6.07) is 8.67. The highest BCUT2D eigenvalue weighted by Crippen LogP contribution is 2.27. The van der Waals surface area contributed by atoms with Gasteiger partial charge in [-0.2, -0.15) is 0 Å². The van der Waals surface area contributed by atoms with Crippen molar-refractivity contribution in [1.29, 1.82) is 0 Å². The number of nitro groups is 1. The SMILES string of the molecule is Cc1cc(C)n2c(SCc3ccccc3[N+](=O)[O-])nnc2n1. The van der Waals surface area contributed by atoms with Crippen LogP contribution in [0.25, 0.3) is 5.78 Å². The Balaban J connectivity index is 1.91. The maximum absolute atomic E-state index is 11.0. The first kappa shape index (κ1) is 14.5. The van der Waals surface area contributed by atoms with Gasteiger partial charge >= 0.3 is 0 Å².